The quantitative estimate of drug-likeness (QED) is 0.351. The summed E-state index contributed by atoms with van der Waals surface area (Å²) < 4.78 is 123. The van der Waals surface area contributed by atoms with Gasteiger partial charge in [-0.1, -0.05) is 24.3 Å². The Morgan fingerprint density at radius 1 is 0.579 bits per heavy atom. The lowest BCUT2D eigenvalue weighted by Crippen LogP contribution is -2.67. The second kappa shape index (κ2) is 10.6. The Kier molecular flexibility index (Phi) is 8.39. The van der Waals surface area contributed by atoms with Gasteiger partial charge in [-0.05, 0) is 24.3 Å². The monoisotopic (exact) mass is 556 g/mol. The van der Waals surface area contributed by atoms with Crippen LogP contribution in [0.5, 0.6) is 0 Å². The number of hydrogen-bond donors (Lipinski definition) is 2. The molecule has 0 unspecified atom stereocenters. The maximum absolute atomic E-state index is 14.3. The second-order valence-electron chi connectivity index (χ2n) is 7.28. The van der Waals surface area contributed by atoms with Crippen LogP contribution in [0.3, 0.4) is 0 Å². The summed E-state index contributed by atoms with van der Waals surface area (Å²) in [6, 6.07) is 7.57. The van der Waals surface area contributed by atoms with Gasteiger partial charge in [0.15, 0.2) is 0 Å². The number of benzene rings is 2. The fourth-order valence-corrected chi connectivity index (χ4v) is 2.84. The number of nitrogens with one attached hydrogen (secondary N) is 2. The number of carbonyl (C=O) groups is 4. The van der Waals surface area contributed by atoms with Crippen molar-refractivity contribution >= 4 is 35.1 Å². The Bertz CT molecular complexity index is 1160. The number of rotatable bonds is 9. The van der Waals surface area contributed by atoms with Gasteiger partial charge in [0.05, 0.1) is 36.7 Å². The number of methoxy groups -OCH3 is 2. The third-order valence-electron chi connectivity index (χ3n) is 4.91. The van der Waals surface area contributed by atoms with E-state index in [9.17, 15) is 54.3 Å². The first-order chi connectivity index (χ1) is 17.5. The van der Waals surface area contributed by atoms with Crippen LogP contribution in [0.25, 0.3) is 0 Å². The molecule has 2 aromatic rings. The van der Waals surface area contributed by atoms with Gasteiger partial charge >= 0.3 is 47.4 Å². The molecule has 0 aliphatic carbocycles. The highest BCUT2D eigenvalue weighted by molar-refractivity contribution is 6.05. The van der Waals surface area contributed by atoms with Gasteiger partial charge in [-0.15, -0.1) is 0 Å². The predicted molar refractivity (Wildman–Crippen MR) is 113 cm³/mol. The van der Waals surface area contributed by atoms with E-state index in [0.29, 0.717) is 0 Å². The van der Waals surface area contributed by atoms with E-state index in [1.807, 2.05) is 0 Å². The fraction of sp³-hybridized carbons (Fsp3) is 0.273. The molecule has 206 valence electrons. The molecule has 0 aliphatic rings. The van der Waals surface area contributed by atoms with Crippen molar-refractivity contribution < 1.29 is 63.8 Å². The van der Waals surface area contributed by atoms with Gasteiger partial charge in [-0.25, -0.2) is 9.59 Å². The molecule has 0 spiro atoms. The van der Waals surface area contributed by atoms with E-state index in [1.54, 1.807) is 0 Å². The first-order valence-corrected chi connectivity index (χ1v) is 9.96. The molecule has 2 N–H and O–H groups in total. The Morgan fingerprint density at radius 3 is 1.16 bits per heavy atom. The molecule has 0 heterocycles. The van der Waals surface area contributed by atoms with Gasteiger partial charge < -0.3 is 20.1 Å². The highest BCUT2D eigenvalue weighted by atomic mass is 19.4. The number of halogens is 8. The van der Waals surface area contributed by atoms with Crippen molar-refractivity contribution in [2.45, 2.75) is 23.7 Å². The van der Waals surface area contributed by atoms with Crippen molar-refractivity contribution in [1.29, 1.82) is 0 Å². The molecule has 0 bridgehead atoms. The highest BCUT2D eigenvalue weighted by Gasteiger charge is 2.84. The van der Waals surface area contributed by atoms with Crippen LogP contribution in [0.4, 0.5) is 46.5 Å². The molecular formula is C22H16F8N2O6. The lowest BCUT2D eigenvalue weighted by molar-refractivity contribution is -0.345. The van der Waals surface area contributed by atoms with E-state index in [-0.39, 0.29) is 0 Å². The molecule has 0 aliphatic heterocycles. The zero-order valence-electron chi connectivity index (χ0n) is 19.1. The first kappa shape index (κ1) is 30.0. The molecule has 2 aromatic carbocycles. The molecule has 0 radical (unpaired) electrons. The van der Waals surface area contributed by atoms with Crippen LogP contribution in [0, 0.1) is 0 Å². The van der Waals surface area contributed by atoms with Crippen molar-refractivity contribution in [2.75, 3.05) is 24.9 Å². The summed E-state index contributed by atoms with van der Waals surface area (Å²) in [5.74, 6) is -36.4. The smallest absolute Gasteiger partial charge is 0.393 e. The molecule has 2 rings (SSSR count). The van der Waals surface area contributed by atoms with Gasteiger partial charge in [0.2, 0.25) is 0 Å². The molecule has 38 heavy (non-hydrogen) atoms. The third kappa shape index (κ3) is 5.10. The molecule has 2 amide bonds. The Labute approximate surface area is 207 Å². The normalized spacial score (nSPS) is 12.4. The van der Waals surface area contributed by atoms with Crippen molar-refractivity contribution in [3.05, 3.63) is 59.7 Å². The Balaban J connectivity index is 2.41. The number of amides is 2. The third-order valence-corrected chi connectivity index (χ3v) is 4.91. The lowest BCUT2D eigenvalue weighted by atomic mass is 9.97. The van der Waals surface area contributed by atoms with Gasteiger partial charge in [0.1, 0.15) is 0 Å². The summed E-state index contributed by atoms with van der Waals surface area (Å²) in [4.78, 5) is 47.1. The van der Waals surface area contributed by atoms with Gasteiger partial charge in [-0.3, -0.25) is 9.59 Å². The zero-order valence-corrected chi connectivity index (χ0v) is 19.1. The van der Waals surface area contributed by atoms with Crippen LogP contribution in [-0.2, 0) is 19.1 Å². The largest absolute Gasteiger partial charge is 0.465 e. The number of hydrogen-bond acceptors (Lipinski definition) is 6. The summed E-state index contributed by atoms with van der Waals surface area (Å²) in [6.07, 6.45) is 0. The molecule has 8 nitrogen and oxygen atoms in total. The van der Waals surface area contributed by atoms with E-state index in [0.717, 1.165) is 73.4 Å². The van der Waals surface area contributed by atoms with E-state index in [2.05, 4.69) is 9.47 Å². The van der Waals surface area contributed by atoms with Crippen molar-refractivity contribution in [3.8, 4) is 0 Å². The van der Waals surface area contributed by atoms with E-state index < -0.39 is 69.9 Å². The maximum atomic E-state index is 14.3. The van der Waals surface area contributed by atoms with Gasteiger partial charge in [-0.2, -0.15) is 35.1 Å². The first-order valence-electron chi connectivity index (χ1n) is 9.96. The predicted octanol–water partition coefficient (Wildman–Crippen LogP) is 4.38. The van der Waals surface area contributed by atoms with Crippen molar-refractivity contribution in [1.82, 2.24) is 0 Å². The van der Waals surface area contributed by atoms with Crippen LogP contribution >= 0.6 is 0 Å². The number of alkyl halides is 8. The number of anilines is 2. The van der Waals surface area contributed by atoms with Crippen molar-refractivity contribution in [2.24, 2.45) is 0 Å². The van der Waals surface area contributed by atoms with E-state index >= 15 is 0 Å². The zero-order chi connectivity index (χ0) is 29.1. The summed E-state index contributed by atoms with van der Waals surface area (Å²) >= 11 is 0. The highest BCUT2D eigenvalue weighted by Crippen LogP contribution is 2.53. The SMILES string of the molecule is COC(=O)c1ccccc1NC(=O)C(F)(F)C(F)(F)C(F)(F)C(F)(F)C(=O)Nc1ccccc1C(=O)OC. The van der Waals surface area contributed by atoms with Crippen LogP contribution in [0.15, 0.2) is 48.5 Å². The number of para-hydroxylation sites is 2. The lowest BCUT2D eigenvalue weighted by Gasteiger charge is -2.35. The molecule has 0 aromatic heterocycles. The summed E-state index contributed by atoms with van der Waals surface area (Å²) in [5, 5.41) is 2.18. The minimum Gasteiger partial charge on any atom is -0.465 e. The molecular weight excluding hydrogens is 540 g/mol. The summed E-state index contributed by atoms with van der Waals surface area (Å²) in [5.41, 5.74) is -3.12. The standard InChI is InChI=1S/C22H16F8N2O6/c1-37-15(33)11-7-3-5-9-13(11)31-17(35)19(23,24)21(27,28)22(29,30)20(25,26)18(36)32-14-10-6-4-8-12(14)16(34)38-2/h3-10H,1-2H3,(H,31,35)(H,32,36). The van der Waals surface area contributed by atoms with Gasteiger partial charge in [0, 0.05) is 0 Å². The minimum atomic E-state index is -7.17. The van der Waals surface area contributed by atoms with E-state index in [1.165, 1.54) is 0 Å². The maximum Gasteiger partial charge on any atom is 0.393 e. The van der Waals surface area contributed by atoms with Crippen LogP contribution < -0.4 is 10.6 Å². The molecule has 0 saturated heterocycles. The van der Waals surface area contributed by atoms with Gasteiger partial charge in [0.25, 0.3) is 0 Å². The molecule has 16 heteroatoms. The van der Waals surface area contributed by atoms with Crippen molar-refractivity contribution in [3.63, 3.8) is 0 Å². The summed E-state index contributed by atoms with van der Waals surface area (Å²) in [6.45, 7) is 0. The fourth-order valence-electron chi connectivity index (χ4n) is 2.84. The minimum absolute atomic E-state index is 0.664. The van der Waals surface area contributed by atoms with Crippen LogP contribution in [0.1, 0.15) is 20.7 Å². The van der Waals surface area contributed by atoms with Crippen LogP contribution in [-0.4, -0.2) is 61.7 Å². The van der Waals surface area contributed by atoms with E-state index in [4.69, 9.17) is 0 Å². The average molecular weight is 556 g/mol. The second-order valence-corrected chi connectivity index (χ2v) is 7.28. The number of carbonyl (C=O) groups excluding carboxylic acids is 4. The topological polar surface area (TPSA) is 111 Å². The number of ether oxygens (including phenoxy) is 2. The molecule has 0 atom stereocenters. The molecule has 0 saturated carbocycles. The molecule has 0 fully saturated rings. The average Bonchev–Trinajstić information content (AvgIpc) is 2.87. The summed E-state index contributed by atoms with van der Waals surface area (Å²) in [7, 11) is 1.67. The van der Waals surface area contributed by atoms with Crippen LogP contribution in [0.2, 0.25) is 0 Å². The Morgan fingerprint density at radius 2 is 0.868 bits per heavy atom. The Hall–Kier alpha value is -4.24. The number of esters is 2.